The Bertz CT molecular complexity index is 434. The van der Waals surface area contributed by atoms with Crippen LogP contribution in [0.1, 0.15) is 15.9 Å². The first-order valence-electron chi connectivity index (χ1n) is 4.01. The van der Waals surface area contributed by atoms with Gasteiger partial charge in [0.05, 0.1) is 10.3 Å². The Kier molecular flexibility index (Phi) is 3.82. The SMILES string of the molecule is Cc1cc(Cl)c([N+](=O)[O-])cc1C(=O)CBr. The Morgan fingerprint density at radius 2 is 2.20 bits per heavy atom. The summed E-state index contributed by atoms with van der Waals surface area (Å²) in [4.78, 5) is 21.4. The molecule has 0 fully saturated rings. The third-order valence-corrected chi connectivity index (χ3v) is 2.72. The van der Waals surface area contributed by atoms with E-state index in [2.05, 4.69) is 15.9 Å². The van der Waals surface area contributed by atoms with Gasteiger partial charge in [0.25, 0.3) is 5.69 Å². The van der Waals surface area contributed by atoms with E-state index in [0.717, 1.165) is 0 Å². The topological polar surface area (TPSA) is 60.2 Å². The van der Waals surface area contributed by atoms with Gasteiger partial charge in [-0.3, -0.25) is 14.9 Å². The quantitative estimate of drug-likeness (QED) is 0.372. The molecule has 0 aliphatic carbocycles. The number of aryl methyl sites for hydroxylation is 1. The number of rotatable bonds is 3. The molecule has 80 valence electrons. The predicted molar refractivity (Wildman–Crippen MR) is 61.0 cm³/mol. The molecule has 4 nitrogen and oxygen atoms in total. The first-order valence-corrected chi connectivity index (χ1v) is 5.51. The normalized spacial score (nSPS) is 10.1. The standard InChI is InChI=1S/C9H7BrClNO3/c1-5-2-7(11)8(12(14)15)3-6(5)9(13)4-10/h2-3H,4H2,1H3. The zero-order valence-corrected chi connectivity index (χ0v) is 10.1. The van der Waals surface area contributed by atoms with E-state index in [0.29, 0.717) is 11.1 Å². The third-order valence-electron chi connectivity index (χ3n) is 1.91. The van der Waals surface area contributed by atoms with E-state index in [-0.39, 0.29) is 21.8 Å². The van der Waals surface area contributed by atoms with Crippen LogP contribution in [0.4, 0.5) is 5.69 Å². The number of halogens is 2. The molecule has 0 aliphatic heterocycles. The summed E-state index contributed by atoms with van der Waals surface area (Å²) in [6.07, 6.45) is 0. The highest BCUT2D eigenvalue weighted by Crippen LogP contribution is 2.28. The van der Waals surface area contributed by atoms with E-state index in [1.807, 2.05) is 0 Å². The van der Waals surface area contributed by atoms with Crippen LogP contribution in [-0.2, 0) is 0 Å². The molecular formula is C9H7BrClNO3. The van der Waals surface area contributed by atoms with E-state index in [1.165, 1.54) is 12.1 Å². The summed E-state index contributed by atoms with van der Waals surface area (Å²) in [5.74, 6) is -0.202. The molecule has 0 aliphatic rings. The number of Topliss-reactive ketones (excluding diaryl/α,β-unsaturated/α-hetero) is 1. The average Bonchev–Trinajstić information content (AvgIpc) is 2.16. The van der Waals surface area contributed by atoms with Gasteiger partial charge in [0.15, 0.2) is 5.78 Å². The number of nitro benzene ring substituents is 1. The average molecular weight is 293 g/mol. The molecule has 0 saturated carbocycles. The van der Waals surface area contributed by atoms with E-state index < -0.39 is 4.92 Å². The molecule has 1 aromatic carbocycles. The lowest BCUT2D eigenvalue weighted by molar-refractivity contribution is -0.384. The maximum atomic E-state index is 11.4. The molecule has 0 aromatic heterocycles. The lowest BCUT2D eigenvalue weighted by Gasteiger charge is -2.03. The first-order chi connectivity index (χ1) is 6.97. The van der Waals surface area contributed by atoms with Crippen molar-refractivity contribution in [2.24, 2.45) is 0 Å². The molecule has 6 heteroatoms. The van der Waals surface area contributed by atoms with Crippen LogP contribution in [0.25, 0.3) is 0 Å². The molecule has 1 rings (SSSR count). The molecule has 0 radical (unpaired) electrons. The second kappa shape index (κ2) is 4.72. The number of alkyl halides is 1. The van der Waals surface area contributed by atoms with Crippen LogP contribution < -0.4 is 0 Å². The van der Waals surface area contributed by atoms with Crippen LogP contribution in [0, 0.1) is 17.0 Å². The van der Waals surface area contributed by atoms with Crippen molar-refractivity contribution in [1.82, 2.24) is 0 Å². The van der Waals surface area contributed by atoms with Gasteiger partial charge in [0.1, 0.15) is 5.02 Å². The highest BCUT2D eigenvalue weighted by molar-refractivity contribution is 9.09. The van der Waals surface area contributed by atoms with Crippen LogP contribution in [-0.4, -0.2) is 16.0 Å². The van der Waals surface area contributed by atoms with Gasteiger partial charge in [0, 0.05) is 11.6 Å². The number of hydrogen-bond donors (Lipinski definition) is 0. The summed E-state index contributed by atoms with van der Waals surface area (Å²) in [6.45, 7) is 1.69. The van der Waals surface area contributed by atoms with Crippen molar-refractivity contribution in [2.45, 2.75) is 6.92 Å². The Labute approximate surface area is 99.5 Å². The molecule has 0 atom stereocenters. The smallest absolute Gasteiger partial charge is 0.288 e. The fourth-order valence-corrected chi connectivity index (χ4v) is 1.76. The summed E-state index contributed by atoms with van der Waals surface area (Å²) in [6, 6.07) is 2.64. The van der Waals surface area contributed by atoms with Gasteiger partial charge in [-0.05, 0) is 18.6 Å². The van der Waals surface area contributed by atoms with Gasteiger partial charge < -0.3 is 0 Å². The number of carbonyl (C=O) groups excluding carboxylic acids is 1. The highest BCUT2D eigenvalue weighted by Gasteiger charge is 2.18. The monoisotopic (exact) mass is 291 g/mol. The largest absolute Gasteiger partial charge is 0.293 e. The maximum absolute atomic E-state index is 11.4. The lowest BCUT2D eigenvalue weighted by atomic mass is 10.0. The van der Waals surface area contributed by atoms with Gasteiger partial charge >= 0.3 is 0 Å². The summed E-state index contributed by atoms with van der Waals surface area (Å²) < 4.78 is 0. The van der Waals surface area contributed by atoms with Gasteiger partial charge in [-0.2, -0.15) is 0 Å². The molecule has 0 bridgehead atoms. The van der Waals surface area contributed by atoms with Crippen LogP contribution in [0.3, 0.4) is 0 Å². The molecule has 0 saturated heterocycles. The Morgan fingerprint density at radius 3 is 2.67 bits per heavy atom. The Hall–Kier alpha value is -0.940. The van der Waals surface area contributed by atoms with Crippen LogP contribution in [0.5, 0.6) is 0 Å². The maximum Gasteiger partial charge on any atom is 0.288 e. The fraction of sp³-hybridized carbons (Fsp3) is 0.222. The minimum Gasteiger partial charge on any atom is -0.293 e. The minimum atomic E-state index is -0.604. The van der Waals surface area contributed by atoms with Crippen LogP contribution >= 0.6 is 27.5 Å². The summed E-state index contributed by atoms with van der Waals surface area (Å²) in [7, 11) is 0. The van der Waals surface area contributed by atoms with E-state index in [4.69, 9.17) is 11.6 Å². The second-order valence-corrected chi connectivity index (χ2v) is 3.90. The minimum absolute atomic E-state index is 0.0450. The number of nitrogens with zero attached hydrogens (tertiary/aromatic N) is 1. The van der Waals surface area contributed by atoms with Gasteiger partial charge in [0.2, 0.25) is 0 Å². The van der Waals surface area contributed by atoms with Gasteiger partial charge in [-0.1, -0.05) is 27.5 Å². The van der Waals surface area contributed by atoms with Crippen LogP contribution in [0.2, 0.25) is 5.02 Å². The second-order valence-electron chi connectivity index (χ2n) is 2.93. The van der Waals surface area contributed by atoms with E-state index in [9.17, 15) is 14.9 Å². The summed E-state index contributed by atoms with van der Waals surface area (Å²) in [5.41, 5.74) is 0.713. The Balaban J connectivity index is 3.36. The van der Waals surface area contributed by atoms with Crippen LogP contribution in [0.15, 0.2) is 12.1 Å². The number of carbonyl (C=O) groups is 1. The third kappa shape index (κ3) is 2.54. The van der Waals surface area contributed by atoms with E-state index in [1.54, 1.807) is 6.92 Å². The van der Waals surface area contributed by atoms with Crippen molar-refractivity contribution in [2.75, 3.05) is 5.33 Å². The molecule has 0 amide bonds. The lowest BCUT2D eigenvalue weighted by Crippen LogP contribution is -2.04. The summed E-state index contributed by atoms with van der Waals surface area (Å²) >= 11 is 8.69. The molecule has 1 aromatic rings. The summed E-state index contributed by atoms with van der Waals surface area (Å²) in [5, 5.41) is 10.8. The predicted octanol–water partition coefficient (Wildman–Crippen LogP) is 3.13. The van der Waals surface area contributed by atoms with Crippen molar-refractivity contribution in [3.63, 3.8) is 0 Å². The first kappa shape index (κ1) is 12.1. The van der Waals surface area contributed by atoms with Gasteiger partial charge in [-0.25, -0.2) is 0 Å². The number of hydrogen-bond acceptors (Lipinski definition) is 3. The van der Waals surface area contributed by atoms with Gasteiger partial charge in [-0.15, -0.1) is 0 Å². The Morgan fingerprint density at radius 1 is 1.60 bits per heavy atom. The molecule has 0 unspecified atom stereocenters. The molecular weight excluding hydrogens is 285 g/mol. The molecule has 15 heavy (non-hydrogen) atoms. The molecule has 0 N–H and O–H groups in total. The van der Waals surface area contributed by atoms with Crippen molar-refractivity contribution >= 4 is 39.0 Å². The zero-order valence-electron chi connectivity index (χ0n) is 7.79. The zero-order chi connectivity index (χ0) is 11.6. The highest BCUT2D eigenvalue weighted by atomic mass is 79.9. The van der Waals surface area contributed by atoms with Crippen molar-refractivity contribution < 1.29 is 9.72 Å². The number of nitro groups is 1. The molecule has 0 spiro atoms. The van der Waals surface area contributed by atoms with Crippen molar-refractivity contribution in [3.05, 3.63) is 38.4 Å². The van der Waals surface area contributed by atoms with Crippen molar-refractivity contribution in [1.29, 1.82) is 0 Å². The van der Waals surface area contributed by atoms with Crippen molar-refractivity contribution in [3.8, 4) is 0 Å². The molecule has 0 heterocycles. The van der Waals surface area contributed by atoms with E-state index >= 15 is 0 Å². The number of ketones is 1. The fourth-order valence-electron chi connectivity index (χ4n) is 1.17. The number of benzene rings is 1.